The van der Waals surface area contributed by atoms with E-state index in [9.17, 15) is 0 Å². The molecular weight excluding hydrogens is 339 g/mol. The van der Waals surface area contributed by atoms with E-state index in [1.54, 1.807) is 10.9 Å². The van der Waals surface area contributed by atoms with Crippen LogP contribution in [0.3, 0.4) is 0 Å². The largest absolute Gasteiger partial charge is 0.224 e. The minimum absolute atomic E-state index is 0.520. The zero-order valence-electron chi connectivity index (χ0n) is 19.3. The molecule has 0 radical (unpaired) electrons. The van der Waals surface area contributed by atoms with Crippen molar-refractivity contribution >= 4 is 14.8 Å². The molecule has 6 rings (SSSR count). The lowest BCUT2D eigenvalue weighted by Crippen LogP contribution is -2.55. The van der Waals surface area contributed by atoms with E-state index in [1.165, 1.54) is 12.8 Å². The first-order chi connectivity index (χ1) is 12.3. The molecule has 4 bridgehead atoms. The van der Waals surface area contributed by atoms with Gasteiger partial charge in [0.15, 0.2) is 0 Å². The maximum absolute atomic E-state index is 2.73. The Labute approximate surface area is 170 Å². The average Bonchev–Trinajstić information content (AvgIpc) is 2.55. The van der Waals surface area contributed by atoms with Gasteiger partial charge in [0.1, 0.15) is 0 Å². The summed E-state index contributed by atoms with van der Waals surface area (Å²) in [4.78, 5) is 0. The molecule has 6 aliphatic rings. The molecule has 0 saturated heterocycles. The SMILES string of the molecule is CC1C(B(C=C[Si](C)(C)C)C2=CC3CC(C2C)C3(C)C)=CC2CC1C2(C)C. The van der Waals surface area contributed by atoms with Crippen LogP contribution in [0.5, 0.6) is 0 Å². The molecule has 6 unspecified atom stereocenters. The Balaban J connectivity index is 1.73. The Kier molecular flexibility index (Phi) is 4.40. The van der Waals surface area contributed by atoms with E-state index in [0.29, 0.717) is 17.5 Å². The van der Waals surface area contributed by atoms with Crippen molar-refractivity contribution in [2.45, 2.75) is 74.0 Å². The van der Waals surface area contributed by atoms with Crippen molar-refractivity contribution in [2.24, 2.45) is 46.3 Å². The fourth-order valence-corrected chi connectivity index (χ4v) is 7.83. The number of rotatable bonds is 4. The first-order valence-electron chi connectivity index (χ1n) is 11.5. The van der Waals surface area contributed by atoms with Crippen molar-refractivity contribution in [3.05, 3.63) is 34.8 Å². The van der Waals surface area contributed by atoms with Gasteiger partial charge >= 0.3 is 0 Å². The Bertz CT molecular complexity index is 667. The van der Waals surface area contributed by atoms with Crippen LogP contribution in [0.25, 0.3) is 0 Å². The summed E-state index contributed by atoms with van der Waals surface area (Å²) in [6.07, 6.45) is 8.30. The molecule has 148 valence electrons. The molecular formula is C25H41BSi. The molecule has 2 fully saturated rings. The van der Waals surface area contributed by atoms with E-state index >= 15 is 0 Å². The third-order valence-electron chi connectivity index (χ3n) is 9.39. The fourth-order valence-electron chi connectivity index (χ4n) is 7.06. The molecule has 0 aliphatic heterocycles. The van der Waals surface area contributed by atoms with Gasteiger partial charge in [-0.2, -0.15) is 0 Å². The normalized spacial score (nSPS) is 41.4. The monoisotopic (exact) mass is 380 g/mol. The minimum Gasteiger partial charge on any atom is -0.114 e. The Morgan fingerprint density at radius 3 is 1.56 bits per heavy atom. The molecule has 0 heterocycles. The molecule has 0 aromatic carbocycles. The fraction of sp³-hybridized carbons (Fsp3) is 0.760. The average molecular weight is 381 g/mol. The molecule has 0 nitrogen and oxygen atoms in total. The van der Waals surface area contributed by atoms with Crippen molar-refractivity contribution in [3.63, 3.8) is 0 Å². The first-order valence-corrected chi connectivity index (χ1v) is 15.0. The summed E-state index contributed by atoms with van der Waals surface area (Å²) in [5.41, 5.74) is 7.19. The van der Waals surface area contributed by atoms with Gasteiger partial charge < -0.3 is 0 Å². The number of hydrogen-bond donors (Lipinski definition) is 0. The quantitative estimate of drug-likeness (QED) is 0.460. The molecule has 2 heteroatoms. The molecule has 0 aromatic rings. The van der Waals surface area contributed by atoms with Crippen molar-refractivity contribution < 1.29 is 0 Å². The van der Waals surface area contributed by atoms with E-state index < -0.39 is 8.07 Å². The van der Waals surface area contributed by atoms with Crippen LogP contribution >= 0.6 is 0 Å². The van der Waals surface area contributed by atoms with Gasteiger partial charge in [0, 0.05) is 0 Å². The van der Waals surface area contributed by atoms with Crippen molar-refractivity contribution in [1.29, 1.82) is 0 Å². The van der Waals surface area contributed by atoms with Gasteiger partial charge in [-0.25, -0.2) is 0 Å². The molecule has 0 aromatic heterocycles. The number of hydrogen-bond acceptors (Lipinski definition) is 0. The highest BCUT2D eigenvalue weighted by atomic mass is 28.3. The van der Waals surface area contributed by atoms with Gasteiger partial charge in [0.25, 0.3) is 0 Å². The van der Waals surface area contributed by atoms with Crippen LogP contribution in [-0.2, 0) is 0 Å². The molecule has 0 amide bonds. The summed E-state index contributed by atoms with van der Waals surface area (Å²) in [6.45, 7) is 23.1. The predicted octanol–water partition coefficient (Wildman–Crippen LogP) is 7.01. The lowest BCUT2D eigenvalue weighted by molar-refractivity contribution is -0.0304. The highest BCUT2D eigenvalue weighted by Crippen LogP contribution is 2.63. The van der Waals surface area contributed by atoms with Crippen LogP contribution in [0.15, 0.2) is 34.8 Å². The van der Waals surface area contributed by atoms with Crippen LogP contribution in [0.1, 0.15) is 54.4 Å². The zero-order chi connectivity index (χ0) is 19.9. The standard InChI is InChI=1S/C25H41BSi/c1-16-20-12-18(24(20,3)4)14-22(16)26(10-11-27(7,8)9)23-15-19-13-21(17(23)2)25(19,5)6/h10-11,14-21H,12-13H2,1-9H3. The summed E-state index contributed by atoms with van der Waals surface area (Å²) < 4.78 is 0. The van der Waals surface area contributed by atoms with Crippen LogP contribution < -0.4 is 0 Å². The van der Waals surface area contributed by atoms with Crippen LogP contribution in [0.4, 0.5) is 0 Å². The second-order valence-corrected chi connectivity index (χ2v) is 17.7. The molecule has 6 aliphatic carbocycles. The highest BCUT2D eigenvalue weighted by Gasteiger charge is 2.57. The van der Waals surface area contributed by atoms with E-state index in [2.05, 4.69) is 85.0 Å². The van der Waals surface area contributed by atoms with E-state index in [-0.39, 0.29) is 0 Å². The topological polar surface area (TPSA) is 0 Å². The second kappa shape index (κ2) is 6.00. The lowest BCUT2D eigenvalue weighted by atomic mass is 9.28. The van der Waals surface area contributed by atoms with Gasteiger partial charge in [-0.1, -0.05) is 84.3 Å². The van der Waals surface area contributed by atoms with Crippen LogP contribution in [-0.4, -0.2) is 14.8 Å². The van der Waals surface area contributed by atoms with Gasteiger partial charge in [0.05, 0.1) is 8.07 Å². The number of allylic oxidation sites excluding steroid dienone is 4. The van der Waals surface area contributed by atoms with Gasteiger partial charge in [0.2, 0.25) is 6.71 Å². The van der Waals surface area contributed by atoms with E-state index in [1.807, 2.05) is 0 Å². The van der Waals surface area contributed by atoms with Crippen LogP contribution in [0, 0.1) is 46.3 Å². The summed E-state index contributed by atoms with van der Waals surface area (Å²) in [7, 11) is -1.19. The lowest BCUT2D eigenvalue weighted by Gasteiger charge is -2.61. The molecule has 0 spiro atoms. The van der Waals surface area contributed by atoms with E-state index in [0.717, 1.165) is 35.5 Å². The van der Waals surface area contributed by atoms with Crippen molar-refractivity contribution in [2.75, 3.05) is 0 Å². The molecule has 6 atom stereocenters. The van der Waals surface area contributed by atoms with Gasteiger partial charge in [-0.3, -0.25) is 0 Å². The number of fused-ring (bicyclic) bond motifs is 2. The van der Waals surface area contributed by atoms with Gasteiger partial charge in [-0.05, 0) is 59.2 Å². The first kappa shape index (κ1) is 19.8. The van der Waals surface area contributed by atoms with E-state index in [4.69, 9.17) is 0 Å². The maximum atomic E-state index is 2.73. The smallest absolute Gasteiger partial charge is 0.114 e. The molecule has 0 N–H and O–H groups in total. The summed E-state index contributed by atoms with van der Waals surface area (Å²) >= 11 is 0. The molecule has 27 heavy (non-hydrogen) atoms. The van der Waals surface area contributed by atoms with Crippen molar-refractivity contribution in [1.82, 2.24) is 0 Å². The third kappa shape index (κ3) is 2.92. The molecule has 2 saturated carbocycles. The Hall–Kier alpha value is -0.498. The summed E-state index contributed by atoms with van der Waals surface area (Å²) in [6, 6.07) is 0. The Morgan fingerprint density at radius 1 is 0.852 bits per heavy atom. The van der Waals surface area contributed by atoms with Gasteiger partial charge in [-0.15, -0.1) is 11.7 Å². The third-order valence-corrected chi connectivity index (χ3v) is 10.6. The Morgan fingerprint density at radius 2 is 1.26 bits per heavy atom. The minimum atomic E-state index is -1.19. The summed E-state index contributed by atoms with van der Waals surface area (Å²) in [5, 5.41) is 0. The zero-order valence-corrected chi connectivity index (χ0v) is 20.3. The highest BCUT2D eigenvalue weighted by molar-refractivity contribution is 6.85. The maximum Gasteiger partial charge on any atom is 0.224 e. The van der Waals surface area contributed by atoms with Crippen molar-refractivity contribution in [3.8, 4) is 0 Å². The van der Waals surface area contributed by atoms with Crippen LogP contribution in [0.2, 0.25) is 19.6 Å². The predicted molar refractivity (Wildman–Crippen MR) is 123 cm³/mol. The summed E-state index contributed by atoms with van der Waals surface area (Å²) in [5.74, 6) is 7.50. The second-order valence-electron chi connectivity index (χ2n) is 12.7.